The van der Waals surface area contributed by atoms with Crippen LogP contribution in [-0.4, -0.2) is 51.4 Å². The molecule has 3 rings (SSSR count). The van der Waals surface area contributed by atoms with Crippen molar-refractivity contribution in [3.05, 3.63) is 35.9 Å². The van der Waals surface area contributed by atoms with Crippen LogP contribution in [0.5, 0.6) is 0 Å². The molecule has 1 unspecified atom stereocenters. The van der Waals surface area contributed by atoms with E-state index in [2.05, 4.69) is 0 Å². The lowest BCUT2D eigenvalue weighted by molar-refractivity contribution is -0.130. The van der Waals surface area contributed by atoms with Crippen molar-refractivity contribution >= 4 is 29.0 Å². The van der Waals surface area contributed by atoms with Crippen molar-refractivity contribution in [1.29, 1.82) is 0 Å². The Bertz CT molecular complexity index is 651. The lowest BCUT2D eigenvalue weighted by Crippen LogP contribution is -2.53. The number of imide groups is 1. The lowest BCUT2D eigenvalue weighted by atomic mass is 9.96. The van der Waals surface area contributed by atoms with Gasteiger partial charge in [0, 0.05) is 19.6 Å². The van der Waals surface area contributed by atoms with E-state index >= 15 is 0 Å². The minimum atomic E-state index is -0.836. The highest BCUT2D eigenvalue weighted by atomic mass is 32.2. The molecule has 6 nitrogen and oxygen atoms in total. The monoisotopic (exact) mass is 348 g/mol. The van der Waals surface area contributed by atoms with E-state index in [0.29, 0.717) is 25.9 Å². The summed E-state index contributed by atoms with van der Waals surface area (Å²) >= 11 is 1.05. The Balaban J connectivity index is 1.64. The van der Waals surface area contributed by atoms with Gasteiger partial charge in [-0.2, -0.15) is 0 Å². The standard InChI is InChI=1S/C17H20N2O4S/c1-2-19-14(20)17(24-16(19)22)9-6-10-18(12-17)15(21)23-11-13-7-4-3-5-8-13/h3-5,7-8H,2,6,9-12H2,1H3. The van der Waals surface area contributed by atoms with Crippen LogP contribution in [0.15, 0.2) is 30.3 Å². The number of likely N-dealkylation sites (tertiary alicyclic amines) is 1. The summed E-state index contributed by atoms with van der Waals surface area (Å²) in [7, 11) is 0. The highest BCUT2D eigenvalue weighted by Crippen LogP contribution is 2.43. The average Bonchev–Trinajstić information content (AvgIpc) is 2.83. The van der Waals surface area contributed by atoms with Crippen molar-refractivity contribution in [2.24, 2.45) is 0 Å². The van der Waals surface area contributed by atoms with Gasteiger partial charge in [-0.1, -0.05) is 30.3 Å². The molecular weight excluding hydrogens is 328 g/mol. The van der Waals surface area contributed by atoms with E-state index in [9.17, 15) is 14.4 Å². The fourth-order valence-electron chi connectivity index (χ4n) is 3.11. The van der Waals surface area contributed by atoms with Gasteiger partial charge >= 0.3 is 6.09 Å². The van der Waals surface area contributed by atoms with Crippen LogP contribution >= 0.6 is 11.8 Å². The van der Waals surface area contributed by atoms with Crippen molar-refractivity contribution in [2.75, 3.05) is 19.6 Å². The fraction of sp³-hybridized carbons (Fsp3) is 0.471. The van der Waals surface area contributed by atoms with Gasteiger partial charge in [0.25, 0.3) is 5.24 Å². The van der Waals surface area contributed by atoms with Gasteiger partial charge in [0.15, 0.2) is 0 Å². The molecular formula is C17H20N2O4S. The van der Waals surface area contributed by atoms with Crippen LogP contribution in [0.4, 0.5) is 9.59 Å². The maximum atomic E-state index is 12.6. The second kappa shape index (κ2) is 6.84. The van der Waals surface area contributed by atoms with E-state index in [1.165, 1.54) is 4.90 Å². The highest BCUT2D eigenvalue weighted by Gasteiger charge is 2.54. The molecule has 128 valence electrons. The number of nitrogens with zero attached hydrogens (tertiary/aromatic N) is 2. The van der Waals surface area contributed by atoms with E-state index in [4.69, 9.17) is 4.74 Å². The fourth-order valence-corrected chi connectivity index (χ4v) is 4.43. The van der Waals surface area contributed by atoms with Gasteiger partial charge in [0.2, 0.25) is 5.91 Å². The van der Waals surface area contributed by atoms with Crippen molar-refractivity contribution < 1.29 is 19.1 Å². The smallest absolute Gasteiger partial charge is 0.410 e. The third-order valence-corrected chi connectivity index (χ3v) is 5.67. The highest BCUT2D eigenvalue weighted by molar-refractivity contribution is 8.16. The molecule has 24 heavy (non-hydrogen) atoms. The predicted molar refractivity (Wildman–Crippen MR) is 90.5 cm³/mol. The van der Waals surface area contributed by atoms with Gasteiger partial charge in [0.05, 0.1) is 0 Å². The molecule has 2 fully saturated rings. The van der Waals surface area contributed by atoms with Gasteiger partial charge in [-0.15, -0.1) is 0 Å². The average molecular weight is 348 g/mol. The Labute approximate surface area is 145 Å². The molecule has 1 spiro atoms. The Kier molecular flexibility index (Phi) is 4.80. The zero-order chi connectivity index (χ0) is 17.2. The summed E-state index contributed by atoms with van der Waals surface area (Å²) < 4.78 is 4.52. The number of carbonyl (C=O) groups excluding carboxylic acids is 3. The molecule has 1 aromatic rings. The predicted octanol–water partition coefficient (Wildman–Crippen LogP) is 2.87. The second-order valence-electron chi connectivity index (χ2n) is 5.98. The Hall–Kier alpha value is -2.02. The molecule has 0 bridgehead atoms. The largest absolute Gasteiger partial charge is 0.445 e. The van der Waals surface area contributed by atoms with Crippen LogP contribution in [0, 0.1) is 0 Å². The first kappa shape index (κ1) is 16.8. The van der Waals surface area contributed by atoms with Crippen LogP contribution in [-0.2, 0) is 16.1 Å². The third kappa shape index (κ3) is 3.13. The maximum Gasteiger partial charge on any atom is 0.410 e. The minimum absolute atomic E-state index is 0.180. The van der Waals surface area contributed by atoms with Gasteiger partial charge in [-0.3, -0.25) is 14.5 Å². The number of hydrogen-bond acceptors (Lipinski definition) is 5. The molecule has 2 saturated heterocycles. The molecule has 7 heteroatoms. The van der Waals surface area contributed by atoms with Crippen LogP contribution in [0.1, 0.15) is 25.3 Å². The number of carbonyl (C=O) groups is 3. The summed E-state index contributed by atoms with van der Waals surface area (Å²) in [5.41, 5.74) is 0.913. The first-order valence-electron chi connectivity index (χ1n) is 8.06. The minimum Gasteiger partial charge on any atom is -0.445 e. The van der Waals surface area contributed by atoms with Gasteiger partial charge in [-0.25, -0.2) is 4.79 Å². The number of rotatable bonds is 3. The molecule has 2 aliphatic rings. The van der Waals surface area contributed by atoms with Crippen LogP contribution in [0.3, 0.4) is 0 Å². The van der Waals surface area contributed by atoms with Crippen molar-refractivity contribution in [2.45, 2.75) is 31.1 Å². The first-order valence-corrected chi connectivity index (χ1v) is 8.88. The molecule has 3 amide bonds. The lowest BCUT2D eigenvalue weighted by Gasteiger charge is -2.36. The summed E-state index contributed by atoms with van der Waals surface area (Å²) in [6.45, 7) is 3.12. The SMILES string of the molecule is CCN1C(=O)SC2(CCCN(C(=O)OCc3ccccc3)C2)C1=O. The van der Waals surface area contributed by atoms with Gasteiger partial charge in [0.1, 0.15) is 11.4 Å². The third-order valence-electron chi connectivity index (χ3n) is 4.37. The first-order chi connectivity index (χ1) is 11.6. The Morgan fingerprint density at radius 1 is 1.29 bits per heavy atom. The molecule has 2 heterocycles. The number of ether oxygens (including phenoxy) is 1. The summed E-state index contributed by atoms with van der Waals surface area (Å²) in [5, 5.41) is -0.220. The number of benzene rings is 1. The number of hydrogen-bond donors (Lipinski definition) is 0. The van der Waals surface area contributed by atoms with E-state index in [0.717, 1.165) is 17.3 Å². The number of amides is 3. The van der Waals surface area contributed by atoms with Crippen LogP contribution in [0.25, 0.3) is 0 Å². The summed E-state index contributed by atoms with van der Waals surface area (Å²) in [6, 6.07) is 9.45. The molecule has 0 saturated carbocycles. The number of thioether (sulfide) groups is 1. The molecule has 1 atom stereocenters. The van der Waals surface area contributed by atoms with E-state index < -0.39 is 10.8 Å². The molecule has 0 aliphatic carbocycles. The van der Waals surface area contributed by atoms with E-state index in [1.807, 2.05) is 30.3 Å². The van der Waals surface area contributed by atoms with Crippen molar-refractivity contribution in [3.8, 4) is 0 Å². The van der Waals surface area contributed by atoms with Gasteiger partial charge in [-0.05, 0) is 37.1 Å². The summed E-state index contributed by atoms with van der Waals surface area (Å²) in [5.74, 6) is -0.180. The topological polar surface area (TPSA) is 66.9 Å². The van der Waals surface area contributed by atoms with E-state index in [-0.39, 0.29) is 24.3 Å². The van der Waals surface area contributed by atoms with Crippen LogP contribution in [0.2, 0.25) is 0 Å². The van der Waals surface area contributed by atoms with Crippen LogP contribution < -0.4 is 0 Å². The summed E-state index contributed by atoms with van der Waals surface area (Å²) in [4.78, 5) is 39.7. The maximum absolute atomic E-state index is 12.6. The number of piperidine rings is 1. The zero-order valence-electron chi connectivity index (χ0n) is 13.6. The molecule has 0 radical (unpaired) electrons. The molecule has 2 aliphatic heterocycles. The normalized spacial score (nSPS) is 23.9. The summed E-state index contributed by atoms with van der Waals surface area (Å²) in [6.07, 6.45) is 0.860. The second-order valence-corrected chi connectivity index (χ2v) is 7.31. The quantitative estimate of drug-likeness (QED) is 0.840. The van der Waals surface area contributed by atoms with E-state index in [1.54, 1.807) is 11.8 Å². The van der Waals surface area contributed by atoms with Crippen molar-refractivity contribution in [3.63, 3.8) is 0 Å². The molecule has 0 N–H and O–H groups in total. The van der Waals surface area contributed by atoms with Crippen molar-refractivity contribution in [1.82, 2.24) is 9.80 Å². The Morgan fingerprint density at radius 3 is 2.71 bits per heavy atom. The molecule has 1 aromatic carbocycles. The Morgan fingerprint density at radius 2 is 2.04 bits per heavy atom. The zero-order valence-corrected chi connectivity index (χ0v) is 14.4. The molecule has 0 aromatic heterocycles. The van der Waals surface area contributed by atoms with Gasteiger partial charge < -0.3 is 9.64 Å².